The Hall–Kier alpha value is -3.43. The summed E-state index contributed by atoms with van der Waals surface area (Å²) in [5.74, 6) is 0.622. The summed E-state index contributed by atoms with van der Waals surface area (Å²) in [5.41, 5.74) is 2.08. The third-order valence-corrected chi connectivity index (χ3v) is 5.24. The van der Waals surface area contributed by atoms with Gasteiger partial charge in [-0.3, -0.25) is 15.1 Å². The molecular weight excluding hydrogens is 490 g/mol. The number of fused-ring (bicyclic) bond motifs is 1. The molecular formula is C21H13BrClN3O5. The first-order valence-electron chi connectivity index (χ1n) is 8.81. The van der Waals surface area contributed by atoms with Crippen molar-refractivity contribution in [1.29, 1.82) is 0 Å². The first kappa shape index (κ1) is 20.8. The van der Waals surface area contributed by atoms with Gasteiger partial charge >= 0.3 is 5.69 Å². The molecule has 8 nitrogen and oxygen atoms in total. The molecule has 1 N–H and O–H groups in total. The minimum Gasteiger partial charge on any atom is -0.502 e. The maximum atomic E-state index is 11.0. The lowest BCUT2D eigenvalue weighted by atomic mass is 10.2. The fraction of sp³-hybridized carbons (Fsp3) is 0.0476. The molecule has 0 fully saturated rings. The fourth-order valence-corrected chi connectivity index (χ4v) is 3.67. The number of phenolic OH excluding ortho intramolecular Hbond substituents is 1. The van der Waals surface area contributed by atoms with Crippen LogP contribution in [0.2, 0.25) is 5.02 Å². The van der Waals surface area contributed by atoms with E-state index in [0.29, 0.717) is 28.4 Å². The van der Waals surface area contributed by atoms with Crippen LogP contribution in [0.4, 0.5) is 11.4 Å². The summed E-state index contributed by atoms with van der Waals surface area (Å²) in [6.45, 7) is 0. The van der Waals surface area contributed by atoms with Crippen molar-refractivity contribution in [2.24, 2.45) is 4.99 Å². The molecule has 0 aliphatic carbocycles. The van der Waals surface area contributed by atoms with Gasteiger partial charge in [-0.1, -0.05) is 11.6 Å². The van der Waals surface area contributed by atoms with E-state index in [1.165, 1.54) is 12.3 Å². The second-order valence-corrected chi connectivity index (χ2v) is 7.69. The molecule has 156 valence electrons. The highest BCUT2D eigenvalue weighted by Gasteiger charge is 2.18. The fourth-order valence-electron chi connectivity index (χ4n) is 2.91. The average molecular weight is 503 g/mol. The molecule has 4 aromatic rings. The van der Waals surface area contributed by atoms with E-state index in [1.807, 2.05) is 12.1 Å². The minimum absolute atomic E-state index is 0.119. The highest BCUT2D eigenvalue weighted by atomic mass is 79.9. The zero-order chi connectivity index (χ0) is 22.1. The van der Waals surface area contributed by atoms with Gasteiger partial charge in [-0.05, 0) is 58.4 Å². The molecule has 31 heavy (non-hydrogen) atoms. The number of aromatic hydroxyl groups is 1. The molecule has 1 aromatic heterocycles. The van der Waals surface area contributed by atoms with Crippen LogP contribution in [0.25, 0.3) is 22.6 Å². The molecule has 10 heteroatoms. The second-order valence-electron chi connectivity index (χ2n) is 6.40. The molecule has 0 aliphatic rings. The molecule has 0 saturated carbocycles. The van der Waals surface area contributed by atoms with Crippen molar-refractivity contribution in [3.63, 3.8) is 0 Å². The molecule has 4 rings (SSSR count). The van der Waals surface area contributed by atoms with Gasteiger partial charge in [0.2, 0.25) is 11.6 Å². The van der Waals surface area contributed by atoms with Gasteiger partial charge in [0.15, 0.2) is 5.58 Å². The number of aliphatic imine (C=N–C) groups is 1. The van der Waals surface area contributed by atoms with Crippen LogP contribution >= 0.6 is 27.5 Å². The van der Waals surface area contributed by atoms with E-state index < -0.39 is 16.4 Å². The van der Waals surface area contributed by atoms with Crippen molar-refractivity contribution in [3.05, 3.63) is 73.7 Å². The summed E-state index contributed by atoms with van der Waals surface area (Å²) in [5, 5.41) is 21.2. The smallest absolute Gasteiger partial charge is 0.312 e. The predicted molar refractivity (Wildman–Crippen MR) is 121 cm³/mol. The van der Waals surface area contributed by atoms with Crippen molar-refractivity contribution < 1.29 is 19.2 Å². The van der Waals surface area contributed by atoms with Crippen LogP contribution in [0.15, 0.2) is 62.4 Å². The Morgan fingerprint density at radius 1 is 1.26 bits per heavy atom. The van der Waals surface area contributed by atoms with Crippen molar-refractivity contribution >= 4 is 56.2 Å². The van der Waals surface area contributed by atoms with E-state index in [4.69, 9.17) is 20.8 Å². The third kappa shape index (κ3) is 4.23. The number of oxazole rings is 1. The predicted octanol–water partition coefficient (Wildman–Crippen LogP) is 6.28. The summed E-state index contributed by atoms with van der Waals surface area (Å²) >= 11 is 9.35. The van der Waals surface area contributed by atoms with Gasteiger partial charge in [-0.25, -0.2) is 4.98 Å². The number of nitro benzene ring substituents is 1. The van der Waals surface area contributed by atoms with Crippen molar-refractivity contribution in [2.45, 2.75) is 0 Å². The van der Waals surface area contributed by atoms with Crippen LogP contribution in [0.3, 0.4) is 0 Å². The third-order valence-electron chi connectivity index (χ3n) is 4.40. The Balaban J connectivity index is 1.66. The van der Waals surface area contributed by atoms with Crippen molar-refractivity contribution in [3.8, 4) is 23.0 Å². The van der Waals surface area contributed by atoms with Gasteiger partial charge in [0.05, 0.1) is 22.2 Å². The molecule has 0 spiro atoms. The van der Waals surface area contributed by atoms with Crippen LogP contribution in [0.1, 0.15) is 5.56 Å². The summed E-state index contributed by atoms with van der Waals surface area (Å²) in [6, 6.07) is 13.1. The van der Waals surface area contributed by atoms with Crippen LogP contribution in [-0.2, 0) is 0 Å². The summed E-state index contributed by atoms with van der Waals surface area (Å²) in [4.78, 5) is 19.1. The van der Waals surface area contributed by atoms with E-state index in [-0.39, 0.29) is 10.6 Å². The van der Waals surface area contributed by atoms with Gasteiger partial charge < -0.3 is 14.3 Å². The molecule has 0 amide bonds. The number of hydrogen-bond donors (Lipinski definition) is 1. The number of phenols is 1. The largest absolute Gasteiger partial charge is 0.502 e. The number of hydrogen-bond acceptors (Lipinski definition) is 7. The Labute approximate surface area is 189 Å². The van der Waals surface area contributed by atoms with Gasteiger partial charge in [-0.15, -0.1) is 0 Å². The standard InChI is InChI=1S/C21H13BrClN3O5/c1-30-18-4-2-11(7-15(18)22)21-25-16-9-14(3-5-19(16)31-21)24-10-12-6-13(23)8-17(20(12)27)26(28)29/h2-10,27H,1H3. The first-order chi connectivity index (χ1) is 14.9. The number of methoxy groups -OCH3 is 1. The zero-order valence-electron chi connectivity index (χ0n) is 15.9. The summed E-state index contributed by atoms with van der Waals surface area (Å²) < 4.78 is 11.8. The van der Waals surface area contributed by atoms with Crippen LogP contribution in [0, 0.1) is 10.1 Å². The monoisotopic (exact) mass is 501 g/mol. The molecule has 1 heterocycles. The number of nitro groups is 1. The normalized spacial score (nSPS) is 11.3. The Kier molecular flexibility index (Phi) is 5.62. The summed E-state index contributed by atoms with van der Waals surface area (Å²) in [6.07, 6.45) is 1.30. The molecule has 0 saturated heterocycles. The van der Waals surface area contributed by atoms with E-state index in [1.54, 1.807) is 31.4 Å². The molecule has 0 unspecified atom stereocenters. The highest BCUT2D eigenvalue weighted by Crippen LogP contribution is 2.34. The Morgan fingerprint density at radius 2 is 2.06 bits per heavy atom. The Morgan fingerprint density at radius 3 is 2.77 bits per heavy atom. The molecule has 0 bridgehead atoms. The van der Waals surface area contributed by atoms with Crippen molar-refractivity contribution in [1.82, 2.24) is 4.98 Å². The molecule has 3 aromatic carbocycles. The maximum absolute atomic E-state index is 11.0. The minimum atomic E-state index is -0.709. The average Bonchev–Trinajstić information content (AvgIpc) is 3.17. The Bertz CT molecular complexity index is 1350. The number of ether oxygens (including phenoxy) is 1. The lowest BCUT2D eigenvalue weighted by Gasteiger charge is -2.03. The van der Waals surface area contributed by atoms with Gasteiger partial charge in [0, 0.05) is 28.4 Å². The number of benzene rings is 3. The molecule has 0 aliphatic heterocycles. The van der Waals surface area contributed by atoms with E-state index in [0.717, 1.165) is 16.1 Å². The maximum Gasteiger partial charge on any atom is 0.312 e. The first-order valence-corrected chi connectivity index (χ1v) is 9.98. The van der Waals surface area contributed by atoms with Gasteiger partial charge in [-0.2, -0.15) is 0 Å². The lowest BCUT2D eigenvalue weighted by molar-refractivity contribution is -0.385. The number of nitrogens with zero attached hydrogens (tertiary/aromatic N) is 3. The molecule has 0 atom stereocenters. The quantitative estimate of drug-likeness (QED) is 0.195. The SMILES string of the molecule is COc1ccc(-c2nc3cc(N=Cc4cc(Cl)cc([N+](=O)[O-])c4O)ccc3o2)cc1Br. The highest BCUT2D eigenvalue weighted by molar-refractivity contribution is 9.10. The molecule has 0 radical (unpaired) electrons. The van der Waals surface area contributed by atoms with Crippen LogP contribution in [-0.4, -0.2) is 28.3 Å². The van der Waals surface area contributed by atoms with Crippen molar-refractivity contribution in [2.75, 3.05) is 7.11 Å². The van der Waals surface area contributed by atoms with Crippen LogP contribution < -0.4 is 4.74 Å². The number of halogens is 2. The zero-order valence-corrected chi connectivity index (χ0v) is 18.2. The van der Waals surface area contributed by atoms with E-state index >= 15 is 0 Å². The lowest BCUT2D eigenvalue weighted by Crippen LogP contribution is -1.92. The second kappa shape index (κ2) is 8.37. The number of rotatable bonds is 5. The topological polar surface area (TPSA) is 111 Å². The summed E-state index contributed by atoms with van der Waals surface area (Å²) in [7, 11) is 1.59. The number of aromatic nitrogens is 1. The van der Waals surface area contributed by atoms with Crippen LogP contribution in [0.5, 0.6) is 11.5 Å². The van der Waals surface area contributed by atoms with E-state index in [2.05, 4.69) is 25.9 Å². The van der Waals surface area contributed by atoms with Gasteiger partial charge in [0.1, 0.15) is 11.3 Å². The van der Waals surface area contributed by atoms with E-state index in [9.17, 15) is 15.2 Å². The van der Waals surface area contributed by atoms with Gasteiger partial charge in [0.25, 0.3) is 0 Å².